The Kier molecular flexibility index (Phi) is 13.6. The molecule has 0 radical (unpaired) electrons. The van der Waals surface area contributed by atoms with Gasteiger partial charge in [-0.3, -0.25) is 10.4 Å². The number of aliphatic hydroxyl groups is 1. The molecule has 5 aromatic rings. The fraction of sp³-hybridized carbons (Fsp3) is 0.400. The maximum absolute atomic E-state index is 13.6. The molecule has 0 saturated heterocycles. The second kappa shape index (κ2) is 18.5. The van der Waals surface area contributed by atoms with Crippen LogP contribution in [0.4, 0.5) is 4.79 Å². The van der Waals surface area contributed by atoms with Gasteiger partial charge in [-0.1, -0.05) is 55.5 Å². The summed E-state index contributed by atoms with van der Waals surface area (Å²) in [6.07, 6.45) is 0.279. The number of aromatic nitrogens is 6. The number of benzene rings is 2. The minimum Gasteiger partial charge on any atom is -0.453 e. The van der Waals surface area contributed by atoms with Crippen molar-refractivity contribution in [3.8, 4) is 22.5 Å². The van der Waals surface area contributed by atoms with Gasteiger partial charge in [0.25, 0.3) is 0 Å². The fourth-order valence-electron chi connectivity index (χ4n) is 5.35. The Morgan fingerprint density at radius 1 is 0.945 bits per heavy atom. The average Bonchev–Trinajstić information content (AvgIpc) is 3.86. The van der Waals surface area contributed by atoms with E-state index in [4.69, 9.17) is 38.2 Å². The van der Waals surface area contributed by atoms with E-state index < -0.39 is 28.9 Å². The van der Waals surface area contributed by atoms with Crippen LogP contribution in [0.3, 0.4) is 0 Å². The van der Waals surface area contributed by atoms with Crippen LogP contribution in [-0.4, -0.2) is 89.2 Å². The average molecular weight is 768 g/mol. The molecule has 0 aliphatic heterocycles. The number of carbonyl (C=O) groups is 2. The first-order valence-corrected chi connectivity index (χ1v) is 17.1. The number of ether oxygens (including phenoxy) is 4. The van der Waals surface area contributed by atoms with Gasteiger partial charge >= 0.3 is 17.9 Å². The Balaban J connectivity index is 1.27. The summed E-state index contributed by atoms with van der Waals surface area (Å²) in [6, 6.07) is 15.1. The van der Waals surface area contributed by atoms with Crippen molar-refractivity contribution >= 4 is 12.1 Å². The topological polar surface area (TPSA) is 249 Å². The normalized spacial score (nSPS) is 11.6. The number of rotatable bonds is 19. The van der Waals surface area contributed by atoms with Gasteiger partial charge in [0, 0.05) is 18.5 Å². The molecule has 5 rings (SSSR count). The molecule has 55 heavy (non-hydrogen) atoms. The van der Waals surface area contributed by atoms with Crippen molar-refractivity contribution in [1.29, 1.82) is 0 Å². The monoisotopic (exact) mass is 767 g/mol. The lowest BCUT2D eigenvalue weighted by molar-refractivity contribution is -0.493. The molecule has 3 aromatic heterocycles. The highest BCUT2D eigenvalue weighted by Gasteiger charge is 2.33. The van der Waals surface area contributed by atoms with Crippen molar-refractivity contribution in [3.05, 3.63) is 93.4 Å². The molecule has 0 unspecified atom stereocenters. The molecule has 0 aliphatic rings. The summed E-state index contributed by atoms with van der Waals surface area (Å²) in [5, 5.41) is 39.9. The maximum atomic E-state index is 13.6. The summed E-state index contributed by atoms with van der Waals surface area (Å²) < 4.78 is 32.2. The van der Waals surface area contributed by atoms with Gasteiger partial charge in [0.15, 0.2) is 23.8 Å². The minimum atomic E-state index is -1.47. The van der Waals surface area contributed by atoms with E-state index in [0.717, 1.165) is 27.9 Å². The van der Waals surface area contributed by atoms with Gasteiger partial charge in [-0.2, -0.15) is 0 Å². The van der Waals surface area contributed by atoms with E-state index in [1.807, 2.05) is 55.5 Å². The summed E-state index contributed by atoms with van der Waals surface area (Å²) in [7, 11) is 0. The first-order chi connectivity index (χ1) is 26.3. The van der Waals surface area contributed by atoms with Crippen LogP contribution in [-0.2, 0) is 55.7 Å². The minimum absolute atomic E-state index is 0.0247. The quantitative estimate of drug-likeness (QED) is 0.0614. The van der Waals surface area contributed by atoms with Gasteiger partial charge in [0.1, 0.15) is 23.7 Å². The summed E-state index contributed by atoms with van der Waals surface area (Å²) in [5.74, 6) is -0.508. The zero-order chi connectivity index (χ0) is 39.5. The predicted molar refractivity (Wildman–Crippen MR) is 185 cm³/mol. The van der Waals surface area contributed by atoms with Crippen molar-refractivity contribution in [2.24, 2.45) is 0 Å². The molecule has 0 aliphatic carbocycles. The van der Waals surface area contributed by atoms with Crippen LogP contribution in [0.25, 0.3) is 22.5 Å². The van der Waals surface area contributed by atoms with E-state index in [1.54, 1.807) is 18.4 Å². The Morgan fingerprint density at radius 2 is 1.67 bits per heavy atom. The summed E-state index contributed by atoms with van der Waals surface area (Å²) >= 11 is 0. The molecule has 20 nitrogen and oxygen atoms in total. The lowest BCUT2D eigenvalue weighted by Gasteiger charge is -2.17. The highest BCUT2D eigenvalue weighted by molar-refractivity contribution is 5.89. The van der Waals surface area contributed by atoms with Crippen molar-refractivity contribution in [3.63, 3.8) is 0 Å². The highest BCUT2D eigenvalue weighted by atomic mass is 17.1. The molecule has 0 atom stereocenters. The number of tetrazole rings is 1. The van der Waals surface area contributed by atoms with Gasteiger partial charge in [-0.25, -0.2) is 24.2 Å². The molecular weight excluding hydrogens is 726 g/mol. The van der Waals surface area contributed by atoms with E-state index in [1.165, 1.54) is 6.92 Å². The maximum Gasteiger partial charge on any atom is 0.519 e. The zero-order valence-electron chi connectivity index (χ0n) is 30.5. The Hall–Kier alpha value is -5.77. The zero-order valence-corrected chi connectivity index (χ0v) is 30.5. The molecule has 0 fully saturated rings. The van der Waals surface area contributed by atoms with Gasteiger partial charge in [-0.05, 0) is 49.1 Å². The molecule has 0 bridgehead atoms. The molecule has 0 spiro atoms. The van der Waals surface area contributed by atoms with E-state index in [2.05, 4.69) is 25.2 Å². The number of hydrogen-bond donors (Lipinski definition) is 3. The Bertz CT molecular complexity index is 2100. The molecule has 3 heterocycles. The molecule has 2 aromatic carbocycles. The van der Waals surface area contributed by atoms with Gasteiger partial charge in [-0.15, -0.1) is 15.0 Å². The number of carbonyl (C=O) groups excluding carboxylic acids is 2. The van der Waals surface area contributed by atoms with Gasteiger partial charge in [0.05, 0.1) is 25.2 Å². The molecule has 20 heteroatoms. The Morgan fingerprint density at radius 3 is 2.35 bits per heavy atom. The molecule has 294 valence electrons. The number of nitrogens with zero attached hydrogens (tertiary/aromatic N) is 7. The first kappa shape index (κ1) is 40.4. The van der Waals surface area contributed by atoms with E-state index in [0.29, 0.717) is 17.8 Å². The van der Waals surface area contributed by atoms with Crippen LogP contribution < -0.4 is 5.82 Å². The molecule has 0 saturated carbocycles. The lowest BCUT2D eigenvalue weighted by atomic mass is 9.98. The largest absolute Gasteiger partial charge is 0.519 e. The molecule has 0 amide bonds. The smallest absolute Gasteiger partial charge is 0.453 e. The number of esters is 1. The second-order valence-corrected chi connectivity index (χ2v) is 12.4. The number of hydrogen-bond acceptors (Lipinski definition) is 18. The lowest BCUT2D eigenvalue weighted by Crippen LogP contribution is -2.23. The summed E-state index contributed by atoms with van der Waals surface area (Å²) in [5.41, 5.74) is 1.90. The van der Waals surface area contributed by atoms with Gasteiger partial charge in [0.2, 0.25) is 12.6 Å². The number of imidazole rings is 1. The third-order valence-corrected chi connectivity index (χ3v) is 7.87. The fourth-order valence-corrected chi connectivity index (χ4v) is 5.35. The van der Waals surface area contributed by atoms with Crippen LogP contribution in [0.15, 0.2) is 62.2 Å². The van der Waals surface area contributed by atoms with E-state index >= 15 is 0 Å². The van der Waals surface area contributed by atoms with E-state index in [9.17, 15) is 19.5 Å². The van der Waals surface area contributed by atoms with Crippen LogP contribution in [0.2, 0.25) is 0 Å². The Labute approximate surface area is 313 Å². The van der Waals surface area contributed by atoms with Crippen molar-refractivity contribution in [2.75, 3.05) is 26.4 Å². The first-order valence-electron chi connectivity index (χ1n) is 17.1. The molecule has 3 N–H and O–H groups in total. The van der Waals surface area contributed by atoms with Crippen LogP contribution in [0.5, 0.6) is 0 Å². The highest BCUT2D eigenvalue weighted by Crippen LogP contribution is 2.31. The second-order valence-electron chi connectivity index (χ2n) is 12.4. The van der Waals surface area contributed by atoms with E-state index in [-0.39, 0.29) is 75.0 Å². The van der Waals surface area contributed by atoms with Crippen LogP contribution in [0, 0.1) is 6.92 Å². The molecular formula is C35H41N7O13. The third kappa shape index (κ3) is 10.9. The van der Waals surface area contributed by atoms with Crippen LogP contribution in [0.1, 0.15) is 66.3 Å². The number of aryl methyl sites for hydroxylation is 2. The summed E-state index contributed by atoms with van der Waals surface area (Å²) in [6.45, 7) is 5.93. The standard InChI is InChI=1S/C35H41N7O13/c1-5-8-28-36-30(35(3,4)46)29(32(43)51-20-27-22(2)54-34(45)55-27)40(28)19-23-11-13-24(14-12-23)25-9-6-7-10-26(25)31-37-39-41(38-31)21-52-33(44)50-17-15-49-16-18-53-42(47)48/h6-7,9-14,46-48H,5,8,15-21H2,1-4H3. The van der Waals surface area contributed by atoms with Crippen molar-refractivity contribution in [2.45, 2.75) is 66.0 Å². The predicted octanol–water partition coefficient (Wildman–Crippen LogP) is 3.78. The van der Waals surface area contributed by atoms with Crippen LogP contribution >= 0.6 is 0 Å². The SMILES string of the molecule is CCCc1nc(C(C)(C)O)c(C(=O)OCc2oc(=O)oc2C)n1Cc1ccc(-c2ccccc2-c2nnn(COC(=O)OCCOCCON(O)O)n2)cc1. The van der Waals surface area contributed by atoms with Gasteiger partial charge < -0.3 is 37.5 Å². The third-order valence-electron chi connectivity index (χ3n) is 7.87. The van der Waals surface area contributed by atoms with Crippen molar-refractivity contribution in [1.82, 2.24) is 35.1 Å². The van der Waals surface area contributed by atoms with Crippen molar-refractivity contribution < 1.29 is 57.7 Å². The summed E-state index contributed by atoms with van der Waals surface area (Å²) in [4.78, 5) is 47.1.